The summed E-state index contributed by atoms with van der Waals surface area (Å²) in [7, 11) is 1.64. The monoisotopic (exact) mass is 296 g/mol. The van der Waals surface area contributed by atoms with Crippen molar-refractivity contribution in [1.29, 1.82) is 0 Å². The first-order valence-corrected chi connectivity index (χ1v) is 7.03. The summed E-state index contributed by atoms with van der Waals surface area (Å²) in [6.07, 6.45) is 2.75. The molecule has 2 heterocycles. The predicted molar refractivity (Wildman–Crippen MR) is 76.4 cm³/mol. The second kappa shape index (κ2) is 6.53. The van der Waals surface area contributed by atoms with Gasteiger partial charge in [0.1, 0.15) is 5.00 Å². The molecule has 1 aromatic heterocycles. The summed E-state index contributed by atoms with van der Waals surface area (Å²) >= 11 is 1.20. The van der Waals surface area contributed by atoms with Crippen LogP contribution in [0.25, 0.3) is 0 Å². The van der Waals surface area contributed by atoms with E-state index in [-0.39, 0.29) is 11.6 Å². The minimum Gasteiger partial charge on any atom is -0.478 e. The molecular formula is C13H16N2O4S. The quantitative estimate of drug-likeness (QED) is 0.835. The Hall–Kier alpha value is -1.86. The van der Waals surface area contributed by atoms with Crippen LogP contribution in [0, 0.1) is 0 Å². The maximum atomic E-state index is 12.1. The number of nitrogens with one attached hydrogen (secondary N) is 1. The average Bonchev–Trinajstić information content (AvgIpc) is 2.88. The zero-order valence-electron chi connectivity index (χ0n) is 11.1. The molecule has 0 saturated carbocycles. The summed E-state index contributed by atoms with van der Waals surface area (Å²) in [6.45, 7) is 1.71. The van der Waals surface area contributed by atoms with Crippen LogP contribution in [-0.4, -0.2) is 48.8 Å². The van der Waals surface area contributed by atoms with Crippen LogP contribution in [-0.2, 0) is 4.74 Å². The average molecular weight is 296 g/mol. The van der Waals surface area contributed by atoms with Crippen molar-refractivity contribution in [2.24, 2.45) is 0 Å². The van der Waals surface area contributed by atoms with E-state index < -0.39 is 5.97 Å². The van der Waals surface area contributed by atoms with Crippen LogP contribution >= 0.6 is 11.3 Å². The summed E-state index contributed by atoms with van der Waals surface area (Å²) in [4.78, 5) is 24.7. The number of aromatic carboxylic acids is 1. The van der Waals surface area contributed by atoms with E-state index in [1.54, 1.807) is 17.4 Å². The Kier molecular flexibility index (Phi) is 4.75. The molecule has 1 aromatic rings. The molecule has 0 fully saturated rings. The molecule has 20 heavy (non-hydrogen) atoms. The van der Waals surface area contributed by atoms with Crippen molar-refractivity contribution in [1.82, 2.24) is 4.90 Å². The number of anilines is 1. The van der Waals surface area contributed by atoms with Crippen molar-refractivity contribution in [2.75, 3.05) is 32.1 Å². The lowest BCUT2D eigenvalue weighted by Crippen LogP contribution is -2.38. The van der Waals surface area contributed by atoms with Gasteiger partial charge >= 0.3 is 12.0 Å². The lowest BCUT2D eigenvalue weighted by Gasteiger charge is -2.26. The van der Waals surface area contributed by atoms with Crippen LogP contribution in [0.5, 0.6) is 0 Å². The van der Waals surface area contributed by atoms with Crippen LogP contribution in [0.15, 0.2) is 23.1 Å². The highest BCUT2D eigenvalue weighted by Crippen LogP contribution is 2.24. The molecule has 0 bridgehead atoms. The van der Waals surface area contributed by atoms with Gasteiger partial charge in [0.05, 0.1) is 12.2 Å². The highest BCUT2D eigenvalue weighted by molar-refractivity contribution is 7.14. The zero-order chi connectivity index (χ0) is 14.5. The summed E-state index contributed by atoms with van der Waals surface area (Å²) in [5.74, 6) is -1.04. The number of carbonyl (C=O) groups is 2. The molecule has 0 spiro atoms. The Morgan fingerprint density at radius 3 is 2.95 bits per heavy atom. The van der Waals surface area contributed by atoms with Crippen LogP contribution in [0.1, 0.15) is 16.8 Å². The number of thiophene rings is 1. The van der Waals surface area contributed by atoms with Gasteiger partial charge in [-0.15, -0.1) is 11.3 Å². The molecule has 0 saturated heterocycles. The molecule has 108 valence electrons. The van der Waals surface area contributed by atoms with Crippen molar-refractivity contribution in [3.63, 3.8) is 0 Å². The number of hydrogen-bond donors (Lipinski definition) is 2. The summed E-state index contributed by atoms with van der Waals surface area (Å²) in [5.41, 5.74) is 1.30. The highest BCUT2D eigenvalue weighted by atomic mass is 32.1. The van der Waals surface area contributed by atoms with Crippen molar-refractivity contribution in [3.8, 4) is 0 Å². The van der Waals surface area contributed by atoms with Gasteiger partial charge in [-0.05, 0) is 23.4 Å². The molecule has 7 heteroatoms. The fourth-order valence-electron chi connectivity index (χ4n) is 1.96. The van der Waals surface area contributed by atoms with Gasteiger partial charge in [-0.25, -0.2) is 9.59 Å². The van der Waals surface area contributed by atoms with Crippen molar-refractivity contribution < 1.29 is 19.4 Å². The lowest BCUT2D eigenvalue weighted by molar-refractivity contribution is 0.0698. The van der Waals surface area contributed by atoms with E-state index in [2.05, 4.69) is 5.32 Å². The standard InChI is InChI=1S/C13H16N2O4S/c1-19-8-9-2-5-15(6-3-9)13(18)14-11-10(12(16)17)4-7-20-11/h2,4,7H,3,5-6,8H2,1H3,(H,14,18)(H,16,17). The van der Waals surface area contributed by atoms with Crippen molar-refractivity contribution >= 4 is 28.3 Å². The van der Waals surface area contributed by atoms with Crippen LogP contribution < -0.4 is 5.32 Å². The van der Waals surface area contributed by atoms with Gasteiger partial charge in [-0.3, -0.25) is 5.32 Å². The molecule has 6 nitrogen and oxygen atoms in total. The second-order valence-corrected chi connectivity index (χ2v) is 5.31. The van der Waals surface area contributed by atoms with Crippen LogP contribution in [0.3, 0.4) is 0 Å². The van der Waals surface area contributed by atoms with Crippen molar-refractivity contribution in [2.45, 2.75) is 6.42 Å². The zero-order valence-corrected chi connectivity index (χ0v) is 11.9. The molecule has 2 amide bonds. The topological polar surface area (TPSA) is 78.9 Å². The molecule has 1 aliphatic heterocycles. The highest BCUT2D eigenvalue weighted by Gasteiger charge is 2.20. The Labute approximate surface area is 120 Å². The van der Waals surface area contributed by atoms with Gasteiger partial charge in [0, 0.05) is 20.2 Å². The smallest absolute Gasteiger partial charge is 0.338 e. The number of carbonyl (C=O) groups excluding carboxylic acids is 1. The molecule has 0 aromatic carbocycles. The van der Waals surface area contributed by atoms with Gasteiger partial charge in [0.15, 0.2) is 0 Å². The van der Waals surface area contributed by atoms with E-state index in [1.807, 2.05) is 6.08 Å². The van der Waals surface area contributed by atoms with Crippen LogP contribution in [0.4, 0.5) is 9.80 Å². The van der Waals surface area contributed by atoms with Gasteiger partial charge in [-0.1, -0.05) is 6.08 Å². The number of rotatable bonds is 4. The second-order valence-electron chi connectivity index (χ2n) is 4.39. The number of amides is 2. The number of hydrogen-bond acceptors (Lipinski definition) is 4. The molecular weight excluding hydrogens is 280 g/mol. The van der Waals surface area contributed by atoms with Gasteiger partial charge < -0.3 is 14.7 Å². The first-order chi connectivity index (χ1) is 9.61. The maximum absolute atomic E-state index is 12.1. The Morgan fingerprint density at radius 2 is 2.35 bits per heavy atom. The van der Waals surface area contributed by atoms with E-state index >= 15 is 0 Å². The van der Waals surface area contributed by atoms with E-state index in [4.69, 9.17) is 9.84 Å². The third-order valence-electron chi connectivity index (χ3n) is 3.04. The summed E-state index contributed by atoms with van der Waals surface area (Å²) in [6, 6.07) is 1.21. The Morgan fingerprint density at radius 1 is 1.55 bits per heavy atom. The fourth-order valence-corrected chi connectivity index (χ4v) is 2.73. The third kappa shape index (κ3) is 3.37. The van der Waals surface area contributed by atoms with E-state index in [0.29, 0.717) is 24.7 Å². The molecule has 2 rings (SSSR count). The summed E-state index contributed by atoms with van der Waals surface area (Å²) in [5, 5.41) is 13.7. The fraction of sp³-hybridized carbons (Fsp3) is 0.385. The maximum Gasteiger partial charge on any atom is 0.338 e. The number of nitrogens with zero attached hydrogens (tertiary/aromatic N) is 1. The van der Waals surface area contributed by atoms with E-state index in [0.717, 1.165) is 6.42 Å². The van der Waals surface area contributed by atoms with Crippen LogP contribution in [0.2, 0.25) is 0 Å². The largest absolute Gasteiger partial charge is 0.478 e. The van der Waals surface area contributed by atoms with Gasteiger partial charge in [-0.2, -0.15) is 0 Å². The number of urea groups is 1. The lowest BCUT2D eigenvalue weighted by atomic mass is 10.1. The summed E-state index contributed by atoms with van der Waals surface area (Å²) < 4.78 is 5.05. The predicted octanol–water partition coefficient (Wildman–Crippen LogP) is 2.26. The van der Waals surface area contributed by atoms with Crippen molar-refractivity contribution in [3.05, 3.63) is 28.7 Å². The minimum atomic E-state index is -1.04. The number of methoxy groups -OCH3 is 1. The molecule has 0 aliphatic carbocycles. The van der Waals surface area contributed by atoms with Gasteiger partial charge in [0.25, 0.3) is 0 Å². The minimum absolute atomic E-state index is 0.121. The number of ether oxygens (including phenoxy) is 1. The van der Waals surface area contributed by atoms with Gasteiger partial charge in [0.2, 0.25) is 0 Å². The number of carboxylic acids is 1. The molecule has 0 atom stereocenters. The first kappa shape index (κ1) is 14.5. The molecule has 1 aliphatic rings. The number of carboxylic acid groups (broad SMARTS) is 1. The van der Waals surface area contributed by atoms with E-state index in [9.17, 15) is 9.59 Å². The molecule has 0 radical (unpaired) electrons. The SMILES string of the molecule is COCC1=CCN(C(=O)Nc2sccc2C(=O)O)CC1. The third-order valence-corrected chi connectivity index (χ3v) is 3.87. The Balaban J connectivity index is 1.96. The normalized spacial score (nSPS) is 14.8. The first-order valence-electron chi connectivity index (χ1n) is 6.15. The molecule has 0 unspecified atom stereocenters. The molecule has 2 N–H and O–H groups in total. The van der Waals surface area contributed by atoms with E-state index in [1.165, 1.54) is 23.0 Å². The Bertz CT molecular complexity index is 538.